The molecule has 1 aliphatic heterocycles. The van der Waals surface area contributed by atoms with Crippen LogP contribution in [0.3, 0.4) is 0 Å². The maximum atomic E-state index is 12.2. The van der Waals surface area contributed by atoms with E-state index in [0.717, 1.165) is 25.7 Å². The van der Waals surface area contributed by atoms with Gasteiger partial charge in [-0.3, -0.25) is 19.3 Å². The van der Waals surface area contributed by atoms with Crippen LogP contribution in [0.5, 0.6) is 0 Å². The molecule has 4 N–H and O–H groups in total. The van der Waals surface area contributed by atoms with E-state index in [1.54, 1.807) is 0 Å². The fourth-order valence-electron chi connectivity index (χ4n) is 3.35. The minimum absolute atomic E-state index is 0.0194. The monoisotopic (exact) mass is 281 g/mol. The van der Waals surface area contributed by atoms with Crippen LogP contribution in [0.25, 0.3) is 0 Å². The minimum Gasteiger partial charge on any atom is -0.370 e. The summed E-state index contributed by atoms with van der Waals surface area (Å²) in [7, 11) is 0. The summed E-state index contributed by atoms with van der Waals surface area (Å²) in [5.41, 5.74) is 10.8. The number of carbonyl (C=O) groups is 3. The molecule has 1 saturated carbocycles. The quantitative estimate of drug-likeness (QED) is 0.772. The lowest BCUT2D eigenvalue weighted by atomic mass is 9.73. The molecule has 0 unspecified atom stereocenters. The molecule has 0 aromatic carbocycles. The van der Waals surface area contributed by atoms with Crippen LogP contribution >= 0.6 is 0 Å². The Labute approximate surface area is 118 Å². The van der Waals surface area contributed by atoms with Crippen molar-refractivity contribution in [2.24, 2.45) is 16.9 Å². The number of carbonyl (C=O) groups excluding carboxylic acids is 3. The van der Waals surface area contributed by atoms with Crippen LogP contribution in [0.4, 0.5) is 0 Å². The number of primary amides is 1. The van der Waals surface area contributed by atoms with Crippen molar-refractivity contribution in [3.05, 3.63) is 0 Å². The van der Waals surface area contributed by atoms with Gasteiger partial charge < -0.3 is 11.5 Å². The van der Waals surface area contributed by atoms with Gasteiger partial charge in [-0.25, -0.2) is 0 Å². The first-order valence-electron chi connectivity index (χ1n) is 7.32. The summed E-state index contributed by atoms with van der Waals surface area (Å²) in [5.74, 6) is -0.963. The van der Waals surface area contributed by atoms with Crippen LogP contribution in [0.1, 0.15) is 51.4 Å². The molecule has 0 aromatic rings. The van der Waals surface area contributed by atoms with Crippen LogP contribution in [-0.2, 0) is 14.4 Å². The number of hydrogen-bond acceptors (Lipinski definition) is 4. The van der Waals surface area contributed by atoms with E-state index in [-0.39, 0.29) is 30.1 Å². The Kier molecular flexibility index (Phi) is 4.42. The first-order valence-corrected chi connectivity index (χ1v) is 7.32. The standard InChI is InChI=1S/C14H23N3O3/c15-10(4-5-11(16)18)13(20)17-9-14(8-12(17)19)6-2-1-3-7-14/h10H,1-9,15H2,(H2,16,18)/t10-/m0/s1. The number of hydrogen-bond donors (Lipinski definition) is 2. The summed E-state index contributed by atoms with van der Waals surface area (Å²) in [5, 5.41) is 0. The zero-order valence-electron chi connectivity index (χ0n) is 11.8. The third-order valence-corrected chi connectivity index (χ3v) is 4.52. The molecule has 1 saturated heterocycles. The normalized spacial score (nSPS) is 23.1. The van der Waals surface area contributed by atoms with Crippen LogP contribution in [0, 0.1) is 5.41 Å². The van der Waals surface area contributed by atoms with E-state index in [2.05, 4.69) is 0 Å². The highest BCUT2D eigenvalue weighted by molar-refractivity contribution is 5.99. The lowest BCUT2D eigenvalue weighted by molar-refractivity contribution is -0.142. The van der Waals surface area contributed by atoms with Gasteiger partial charge in [0.1, 0.15) is 0 Å². The van der Waals surface area contributed by atoms with Crippen LogP contribution in [0.2, 0.25) is 0 Å². The number of likely N-dealkylation sites (tertiary alicyclic amines) is 1. The van der Waals surface area contributed by atoms with Gasteiger partial charge in [0.05, 0.1) is 6.04 Å². The van der Waals surface area contributed by atoms with Gasteiger partial charge in [0.25, 0.3) is 0 Å². The Balaban J connectivity index is 1.96. The molecule has 0 aromatic heterocycles. The number of rotatable bonds is 4. The summed E-state index contributed by atoms with van der Waals surface area (Å²) >= 11 is 0. The second kappa shape index (κ2) is 5.91. The average molecular weight is 281 g/mol. The van der Waals surface area contributed by atoms with Crippen molar-refractivity contribution in [1.29, 1.82) is 0 Å². The first kappa shape index (κ1) is 15.0. The van der Waals surface area contributed by atoms with E-state index in [1.807, 2.05) is 0 Å². The summed E-state index contributed by atoms with van der Waals surface area (Å²) < 4.78 is 0. The van der Waals surface area contributed by atoms with Gasteiger partial charge in [-0.05, 0) is 24.7 Å². The van der Waals surface area contributed by atoms with Crippen LogP contribution < -0.4 is 11.5 Å². The minimum atomic E-state index is -0.815. The predicted molar refractivity (Wildman–Crippen MR) is 73.3 cm³/mol. The molecule has 3 amide bonds. The maximum absolute atomic E-state index is 12.2. The van der Waals surface area contributed by atoms with E-state index in [1.165, 1.54) is 11.3 Å². The third kappa shape index (κ3) is 3.17. The van der Waals surface area contributed by atoms with E-state index in [9.17, 15) is 14.4 Å². The Hall–Kier alpha value is -1.43. The van der Waals surface area contributed by atoms with Crippen molar-refractivity contribution in [2.75, 3.05) is 6.54 Å². The summed E-state index contributed by atoms with van der Waals surface area (Å²) in [6, 6.07) is -0.815. The molecular formula is C14H23N3O3. The molecule has 0 radical (unpaired) electrons. The van der Waals surface area contributed by atoms with Crippen molar-refractivity contribution in [3.8, 4) is 0 Å². The molecule has 6 nitrogen and oxygen atoms in total. The third-order valence-electron chi connectivity index (χ3n) is 4.52. The predicted octanol–water partition coefficient (Wildman–Crippen LogP) is 0.289. The summed E-state index contributed by atoms with van der Waals surface area (Å²) in [6.07, 6.45) is 6.22. The smallest absolute Gasteiger partial charge is 0.246 e. The highest BCUT2D eigenvalue weighted by Crippen LogP contribution is 2.44. The van der Waals surface area contributed by atoms with Gasteiger partial charge in [0, 0.05) is 19.4 Å². The summed E-state index contributed by atoms with van der Waals surface area (Å²) in [6.45, 7) is 0.495. The zero-order chi connectivity index (χ0) is 14.8. The van der Waals surface area contributed by atoms with E-state index >= 15 is 0 Å². The largest absolute Gasteiger partial charge is 0.370 e. The molecule has 2 aliphatic rings. The van der Waals surface area contributed by atoms with E-state index in [4.69, 9.17) is 11.5 Å². The number of imide groups is 1. The molecule has 1 heterocycles. The Morgan fingerprint density at radius 1 is 1.25 bits per heavy atom. The van der Waals surface area contributed by atoms with Crippen LogP contribution in [0.15, 0.2) is 0 Å². The maximum Gasteiger partial charge on any atom is 0.246 e. The first-order chi connectivity index (χ1) is 9.43. The van der Waals surface area contributed by atoms with Gasteiger partial charge >= 0.3 is 0 Å². The second-order valence-corrected chi connectivity index (χ2v) is 6.17. The SMILES string of the molecule is NC(=O)CC[C@H](N)C(=O)N1CC2(CCCCC2)CC1=O. The fraction of sp³-hybridized carbons (Fsp3) is 0.786. The Morgan fingerprint density at radius 3 is 2.50 bits per heavy atom. The molecule has 1 aliphatic carbocycles. The molecule has 1 atom stereocenters. The lowest BCUT2D eigenvalue weighted by Gasteiger charge is -2.32. The Bertz CT molecular complexity index is 416. The fourth-order valence-corrected chi connectivity index (χ4v) is 3.35. The van der Waals surface area contributed by atoms with Crippen molar-refractivity contribution in [1.82, 2.24) is 4.90 Å². The second-order valence-electron chi connectivity index (χ2n) is 6.17. The average Bonchev–Trinajstić information content (AvgIpc) is 2.72. The van der Waals surface area contributed by atoms with Gasteiger partial charge in [-0.1, -0.05) is 19.3 Å². The summed E-state index contributed by atoms with van der Waals surface area (Å²) in [4.78, 5) is 36.3. The van der Waals surface area contributed by atoms with Crippen molar-refractivity contribution in [2.45, 2.75) is 57.4 Å². The highest BCUT2D eigenvalue weighted by Gasteiger charge is 2.46. The number of amides is 3. The molecule has 6 heteroatoms. The van der Waals surface area contributed by atoms with Gasteiger partial charge in [-0.2, -0.15) is 0 Å². The molecule has 1 spiro atoms. The van der Waals surface area contributed by atoms with Gasteiger partial charge in [0.15, 0.2) is 0 Å². The van der Waals surface area contributed by atoms with E-state index in [0.29, 0.717) is 13.0 Å². The molecule has 112 valence electrons. The van der Waals surface area contributed by atoms with Crippen molar-refractivity contribution >= 4 is 17.7 Å². The molecule has 20 heavy (non-hydrogen) atoms. The molecule has 0 bridgehead atoms. The molecular weight excluding hydrogens is 258 g/mol. The van der Waals surface area contributed by atoms with Gasteiger partial charge in [-0.15, -0.1) is 0 Å². The van der Waals surface area contributed by atoms with Crippen molar-refractivity contribution < 1.29 is 14.4 Å². The molecule has 2 fully saturated rings. The van der Waals surface area contributed by atoms with Gasteiger partial charge in [0.2, 0.25) is 17.7 Å². The Morgan fingerprint density at radius 2 is 1.90 bits per heavy atom. The van der Waals surface area contributed by atoms with E-state index < -0.39 is 11.9 Å². The lowest BCUT2D eigenvalue weighted by Crippen LogP contribution is -2.45. The zero-order valence-corrected chi connectivity index (χ0v) is 11.8. The highest BCUT2D eigenvalue weighted by atomic mass is 16.2. The van der Waals surface area contributed by atoms with Crippen LogP contribution in [-0.4, -0.2) is 35.2 Å². The number of nitrogens with two attached hydrogens (primary N) is 2. The number of nitrogens with zero attached hydrogens (tertiary/aromatic N) is 1. The molecule has 2 rings (SSSR count). The topological polar surface area (TPSA) is 106 Å². The van der Waals surface area contributed by atoms with Crippen molar-refractivity contribution in [3.63, 3.8) is 0 Å².